The molecular formula is C8H7F3O4S. The number of benzene rings is 1. The molecule has 1 rings (SSSR count). The maximum atomic E-state index is 11.5. The third kappa shape index (κ3) is 5.10. The van der Waals surface area contributed by atoms with Crippen LogP contribution in [0, 0.1) is 0 Å². The van der Waals surface area contributed by atoms with E-state index in [0.29, 0.717) is 5.56 Å². The van der Waals surface area contributed by atoms with Gasteiger partial charge in [0.1, 0.15) is 5.75 Å². The van der Waals surface area contributed by atoms with E-state index >= 15 is 0 Å². The van der Waals surface area contributed by atoms with Crippen molar-refractivity contribution >= 4 is 10.1 Å². The maximum absolute atomic E-state index is 11.5. The first-order valence-corrected chi connectivity index (χ1v) is 5.57. The Labute approximate surface area is 89.6 Å². The minimum absolute atomic E-state index is 0.299. The summed E-state index contributed by atoms with van der Waals surface area (Å²) in [6.45, 7) is 0. The van der Waals surface area contributed by atoms with Crippen molar-refractivity contribution in [3.8, 4) is 0 Å². The summed E-state index contributed by atoms with van der Waals surface area (Å²) in [5, 5.41) is 0. The molecule has 0 radical (unpaired) electrons. The highest BCUT2D eigenvalue weighted by atomic mass is 32.2. The van der Waals surface area contributed by atoms with Crippen LogP contribution in [-0.4, -0.2) is 14.8 Å². The topological polar surface area (TPSA) is 52.6 Å². The zero-order valence-electron chi connectivity index (χ0n) is 7.77. The molecule has 90 valence electrons. The average Bonchev–Trinajstić information content (AvgIpc) is 2.15. The van der Waals surface area contributed by atoms with Gasteiger partial charge in [-0.05, 0) is 5.56 Å². The number of rotatable bonds is 4. The monoisotopic (exact) mass is 256 g/mol. The van der Waals surface area contributed by atoms with Crippen LogP contribution in [0.1, 0.15) is 5.56 Å². The van der Waals surface area contributed by atoms with E-state index in [1.54, 1.807) is 18.2 Å². The lowest BCUT2D eigenvalue weighted by atomic mass is 10.2. The molecule has 0 N–H and O–H groups in total. The molecule has 0 unspecified atom stereocenters. The minimum atomic E-state index is -5.15. The van der Waals surface area contributed by atoms with Crippen molar-refractivity contribution in [1.29, 1.82) is 0 Å². The molecular weight excluding hydrogens is 249 g/mol. The SMILES string of the molecule is O=S(=O)(Cc1ccccc1)OOC(F)(F)F. The fourth-order valence-electron chi connectivity index (χ4n) is 0.893. The Kier molecular flexibility index (Phi) is 3.89. The molecule has 0 aliphatic rings. The van der Waals surface area contributed by atoms with Gasteiger partial charge in [0, 0.05) is 0 Å². The Morgan fingerprint density at radius 3 is 2.19 bits per heavy atom. The Morgan fingerprint density at radius 1 is 1.12 bits per heavy atom. The molecule has 0 fully saturated rings. The summed E-state index contributed by atoms with van der Waals surface area (Å²) in [6.07, 6.45) is -5.15. The maximum Gasteiger partial charge on any atom is 0.550 e. The highest BCUT2D eigenvalue weighted by Gasteiger charge is 2.34. The van der Waals surface area contributed by atoms with Gasteiger partial charge < -0.3 is 0 Å². The molecule has 0 atom stereocenters. The quantitative estimate of drug-likeness (QED) is 0.610. The smallest absolute Gasteiger partial charge is 0.197 e. The molecule has 0 spiro atoms. The van der Waals surface area contributed by atoms with Gasteiger partial charge in [0.15, 0.2) is 0 Å². The summed E-state index contributed by atoms with van der Waals surface area (Å²) >= 11 is 0. The van der Waals surface area contributed by atoms with Crippen molar-refractivity contribution in [3.05, 3.63) is 35.9 Å². The van der Waals surface area contributed by atoms with Gasteiger partial charge in [-0.1, -0.05) is 34.7 Å². The summed E-state index contributed by atoms with van der Waals surface area (Å²) in [5.41, 5.74) is 0.299. The molecule has 4 nitrogen and oxygen atoms in total. The highest BCUT2D eigenvalue weighted by Crippen LogP contribution is 2.19. The lowest BCUT2D eigenvalue weighted by Crippen LogP contribution is -2.18. The van der Waals surface area contributed by atoms with Crippen LogP contribution in [0.3, 0.4) is 0 Å². The first-order valence-electron chi connectivity index (χ1n) is 3.99. The molecule has 0 heterocycles. The Bertz CT molecular complexity index is 426. The lowest BCUT2D eigenvalue weighted by Gasteiger charge is -2.06. The zero-order valence-corrected chi connectivity index (χ0v) is 8.59. The lowest BCUT2D eigenvalue weighted by molar-refractivity contribution is -0.443. The molecule has 0 bridgehead atoms. The van der Waals surface area contributed by atoms with Gasteiger partial charge in [-0.15, -0.1) is 18.1 Å². The molecule has 1 aromatic carbocycles. The summed E-state index contributed by atoms with van der Waals surface area (Å²) in [7, 11) is -4.41. The van der Waals surface area contributed by atoms with Crippen LogP contribution in [0.2, 0.25) is 0 Å². The summed E-state index contributed by atoms with van der Waals surface area (Å²) < 4.78 is 59.9. The van der Waals surface area contributed by atoms with E-state index in [4.69, 9.17) is 0 Å². The van der Waals surface area contributed by atoms with E-state index in [9.17, 15) is 21.6 Å². The molecule has 0 aliphatic heterocycles. The molecule has 0 aliphatic carbocycles. The molecule has 0 saturated heterocycles. The van der Waals surface area contributed by atoms with Crippen molar-refractivity contribution in [2.24, 2.45) is 0 Å². The highest BCUT2D eigenvalue weighted by molar-refractivity contribution is 7.85. The third-order valence-electron chi connectivity index (χ3n) is 1.42. The molecule has 0 amide bonds. The second kappa shape index (κ2) is 4.81. The first-order chi connectivity index (χ1) is 7.29. The van der Waals surface area contributed by atoms with Crippen molar-refractivity contribution in [1.82, 2.24) is 0 Å². The van der Waals surface area contributed by atoms with Crippen LogP contribution >= 0.6 is 0 Å². The van der Waals surface area contributed by atoms with E-state index < -0.39 is 22.2 Å². The van der Waals surface area contributed by atoms with Gasteiger partial charge in [-0.25, -0.2) is 0 Å². The molecule has 16 heavy (non-hydrogen) atoms. The summed E-state index contributed by atoms with van der Waals surface area (Å²) in [6, 6.07) is 7.62. The van der Waals surface area contributed by atoms with E-state index in [1.807, 2.05) is 0 Å². The Hall–Kier alpha value is -1.12. The number of halogens is 3. The van der Waals surface area contributed by atoms with Crippen molar-refractivity contribution in [2.45, 2.75) is 12.1 Å². The first kappa shape index (κ1) is 12.9. The predicted octanol–water partition coefficient (Wildman–Crippen LogP) is 1.98. The van der Waals surface area contributed by atoms with Gasteiger partial charge in [-0.3, -0.25) is 0 Å². The number of hydrogen-bond acceptors (Lipinski definition) is 4. The Balaban J connectivity index is 2.60. The van der Waals surface area contributed by atoms with Gasteiger partial charge >= 0.3 is 6.36 Å². The van der Waals surface area contributed by atoms with E-state index in [0.717, 1.165) is 0 Å². The van der Waals surface area contributed by atoms with Crippen LogP contribution in [0.15, 0.2) is 30.3 Å². The molecule has 1 aromatic rings. The van der Waals surface area contributed by atoms with Gasteiger partial charge in [0.05, 0.1) is 0 Å². The van der Waals surface area contributed by atoms with Crippen LogP contribution in [0.5, 0.6) is 0 Å². The molecule has 8 heteroatoms. The fourth-order valence-corrected chi connectivity index (χ4v) is 1.72. The second-order valence-electron chi connectivity index (χ2n) is 2.78. The van der Waals surface area contributed by atoms with E-state index in [-0.39, 0.29) is 0 Å². The Morgan fingerprint density at radius 2 is 1.69 bits per heavy atom. The second-order valence-corrected chi connectivity index (χ2v) is 4.32. The normalized spacial score (nSPS) is 12.7. The third-order valence-corrected chi connectivity index (χ3v) is 2.38. The van der Waals surface area contributed by atoms with Crippen molar-refractivity contribution in [2.75, 3.05) is 0 Å². The van der Waals surface area contributed by atoms with E-state index in [2.05, 4.69) is 9.22 Å². The van der Waals surface area contributed by atoms with Gasteiger partial charge in [0.2, 0.25) is 0 Å². The molecule has 0 aromatic heterocycles. The average molecular weight is 256 g/mol. The predicted molar refractivity (Wildman–Crippen MR) is 47.3 cm³/mol. The van der Waals surface area contributed by atoms with Crippen LogP contribution in [-0.2, 0) is 25.1 Å². The van der Waals surface area contributed by atoms with Crippen molar-refractivity contribution < 1.29 is 30.8 Å². The standard InChI is InChI=1S/C8H7F3O4S/c9-8(10,11)14-15-16(12,13)6-7-4-2-1-3-5-7/h1-5H,6H2. The van der Waals surface area contributed by atoms with E-state index in [1.165, 1.54) is 12.1 Å². The minimum Gasteiger partial charge on any atom is -0.197 e. The van der Waals surface area contributed by atoms with Gasteiger partial charge in [0.25, 0.3) is 10.1 Å². The van der Waals surface area contributed by atoms with Crippen LogP contribution in [0.25, 0.3) is 0 Å². The zero-order chi connectivity index (χ0) is 12.2. The summed E-state index contributed by atoms with van der Waals surface area (Å²) in [4.78, 5) is 2.78. The number of alkyl halides is 3. The number of hydrogen-bond donors (Lipinski definition) is 0. The van der Waals surface area contributed by atoms with Crippen LogP contribution in [0.4, 0.5) is 13.2 Å². The fraction of sp³-hybridized carbons (Fsp3) is 0.250. The van der Waals surface area contributed by atoms with Crippen molar-refractivity contribution in [3.63, 3.8) is 0 Å². The van der Waals surface area contributed by atoms with Crippen LogP contribution < -0.4 is 0 Å². The van der Waals surface area contributed by atoms with Gasteiger partial charge in [-0.2, -0.15) is 8.42 Å². The molecule has 0 saturated carbocycles. The summed E-state index contributed by atoms with van der Waals surface area (Å²) in [5.74, 6) is -0.691. The largest absolute Gasteiger partial charge is 0.550 e.